The predicted molar refractivity (Wildman–Crippen MR) is 116 cm³/mol. The Morgan fingerprint density at radius 1 is 0.964 bits per heavy atom. The molecule has 2 heteroatoms. The van der Waals surface area contributed by atoms with E-state index in [0.29, 0.717) is 11.8 Å². The molecule has 1 aromatic carbocycles. The van der Waals surface area contributed by atoms with Gasteiger partial charge in [-0.3, -0.25) is 0 Å². The van der Waals surface area contributed by atoms with Crippen LogP contribution in [0.5, 0.6) is 5.75 Å². The minimum absolute atomic E-state index is 0.146. The third-order valence-electron chi connectivity index (χ3n) is 8.20. The lowest BCUT2D eigenvalue weighted by Gasteiger charge is -2.32. The zero-order valence-electron chi connectivity index (χ0n) is 18.4. The van der Waals surface area contributed by atoms with Crippen LogP contribution >= 0.6 is 0 Å². The molecule has 0 aromatic heterocycles. The van der Waals surface area contributed by atoms with Gasteiger partial charge in [-0.05, 0) is 91.7 Å². The fraction of sp³-hybridized carbons (Fsp3) is 0.769. The third-order valence-corrected chi connectivity index (χ3v) is 8.20. The Morgan fingerprint density at radius 2 is 1.71 bits per heavy atom. The maximum atomic E-state index is 6.27. The first-order valence-electron chi connectivity index (χ1n) is 11.9. The molecule has 3 fully saturated rings. The summed E-state index contributed by atoms with van der Waals surface area (Å²) in [4.78, 5) is 0. The van der Waals surface area contributed by atoms with Gasteiger partial charge in [0, 0.05) is 5.92 Å². The molecule has 0 spiro atoms. The minimum atomic E-state index is -0.146. The normalized spacial score (nSPS) is 33.2. The van der Waals surface area contributed by atoms with Gasteiger partial charge in [0.25, 0.3) is 0 Å². The predicted octanol–water partition coefficient (Wildman–Crippen LogP) is 7.04. The van der Waals surface area contributed by atoms with Gasteiger partial charge in [-0.15, -0.1) is 0 Å². The van der Waals surface area contributed by atoms with E-state index >= 15 is 0 Å². The van der Waals surface area contributed by atoms with Crippen molar-refractivity contribution in [1.29, 1.82) is 0 Å². The Kier molecular flexibility index (Phi) is 6.35. The van der Waals surface area contributed by atoms with Gasteiger partial charge in [0.15, 0.2) is 0 Å². The molecule has 0 amide bonds. The van der Waals surface area contributed by atoms with Gasteiger partial charge in [-0.25, -0.2) is 0 Å². The van der Waals surface area contributed by atoms with Crippen molar-refractivity contribution in [2.24, 2.45) is 35.5 Å². The Morgan fingerprint density at radius 3 is 2.43 bits per heavy atom. The molecule has 7 atom stereocenters. The molecule has 0 saturated heterocycles. The highest BCUT2D eigenvalue weighted by Crippen LogP contribution is 2.61. The maximum absolute atomic E-state index is 6.27. The lowest BCUT2D eigenvalue weighted by Crippen LogP contribution is -2.29. The van der Waals surface area contributed by atoms with Crippen LogP contribution in [0.1, 0.15) is 84.1 Å². The van der Waals surface area contributed by atoms with Crippen molar-refractivity contribution in [3.63, 3.8) is 0 Å². The summed E-state index contributed by atoms with van der Waals surface area (Å²) in [5.41, 5.74) is 1.39. The van der Waals surface area contributed by atoms with Gasteiger partial charge in [-0.1, -0.05) is 46.2 Å². The van der Waals surface area contributed by atoms with Gasteiger partial charge < -0.3 is 9.47 Å². The average molecular weight is 385 g/mol. The first-order chi connectivity index (χ1) is 13.6. The molecule has 156 valence electrons. The van der Waals surface area contributed by atoms with E-state index in [-0.39, 0.29) is 6.29 Å². The topological polar surface area (TPSA) is 18.5 Å². The van der Waals surface area contributed by atoms with Gasteiger partial charge in [0.1, 0.15) is 5.75 Å². The first-order valence-corrected chi connectivity index (χ1v) is 11.9. The lowest BCUT2D eigenvalue weighted by molar-refractivity contribution is -0.112. The van der Waals surface area contributed by atoms with Gasteiger partial charge >= 0.3 is 0 Å². The van der Waals surface area contributed by atoms with Crippen LogP contribution in [0.2, 0.25) is 0 Å². The average Bonchev–Trinajstić information content (AvgIpc) is 3.40. The Labute approximate surface area is 172 Å². The van der Waals surface area contributed by atoms with Crippen molar-refractivity contribution in [2.45, 2.75) is 84.8 Å². The Bertz CT molecular complexity index is 622. The van der Waals surface area contributed by atoms with E-state index in [1.165, 1.54) is 50.5 Å². The van der Waals surface area contributed by atoms with Crippen LogP contribution in [0.3, 0.4) is 0 Å². The van der Waals surface area contributed by atoms with Crippen LogP contribution in [0, 0.1) is 35.5 Å². The molecule has 0 aliphatic heterocycles. The number of fused-ring (bicyclic) bond motifs is 5. The quantitative estimate of drug-likeness (QED) is 0.425. The number of hydrogen-bond acceptors (Lipinski definition) is 2. The smallest absolute Gasteiger partial charge is 0.202 e. The van der Waals surface area contributed by atoms with Crippen molar-refractivity contribution in [3.05, 3.63) is 29.8 Å². The van der Waals surface area contributed by atoms with Crippen LogP contribution in [-0.2, 0) is 4.74 Å². The summed E-state index contributed by atoms with van der Waals surface area (Å²) >= 11 is 0. The van der Waals surface area contributed by atoms with E-state index in [1.54, 1.807) is 0 Å². The summed E-state index contributed by atoms with van der Waals surface area (Å²) in [6.45, 7) is 9.75. The number of rotatable bonds is 9. The van der Waals surface area contributed by atoms with Gasteiger partial charge in [0.05, 0.1) is 6.61 Å². The lowest BCUT2D eigenvalue weighted by atomic mass is 9.75. The second-order valence-corrected chi connectivity index (χ2v) is 10.2. The maximum Gasteiger partial charge on any atom is 0.202 e. The molecule has 4 rings (SSSR count). The van der Waals surface area contributed by atoms with Gasteiger partial charge in [0.2, 0.25) is 6.29 Å². The number of hydrogen-bond donors (Lipinski definition) is 0. The van der Waals surface area contributed by atoms with E-state index in [9.17, 15) is 0 Å². The van der Waals surface area contributed by atoms with Crippen LogP contribution in [0.15, 0.2) is 24.3 Å². The highest BCUT2D eigenvalue weighted by molar-refractivity contribution is 5.29. The molecular formula is C26H40O2. The fourth-order valence-electron chi connectivity index (χ4n) is 6.48. The molecule has 28 heavy (non-hydrogen) atoms. The monoisotopic (exact) mass is 384 g/mol. The molecule has 1 aromatic rings. The Balaban J connectivity index is 1.26. The molecule has 0 N–H and O–H groups in total. The van der Waals surface area contributed by atoms with E-state index in [0.717, 1.165) is 41.9 Å². The second kappa shape index (κ2) is 8.78. The SMILES string of the molecule is CCC(C)c1ccc(OC(OCCC2CC3CC2C2CCCC32)C(C)C)cc1. The molecule has 0 heterocycles. The zero-order valence-corrected chi connectivity index (χ0v) is 18.4. The molecule has 2 nitrogen and oxygen atoms in total. The van der Waals surface area contributed by atoms with Crippen LogP contribution < -0.4 is 4.74 Å². The summed E-state index contributed by atoms with van der Waals surface area (Å²) in [5, 5.41) is 0. The van der Waals surface area contributed by atoms with Crippen molar-refractivity contribution < 1.29 is 9.47 Å². The van der Waals surface area contributed by atoms with Crippen molar-refractivity contribution in [2.75, 3.05) is 6.61 Å². The summed E-state index contributed by atoms with van der Waals surface area (Å²) in [7, 11) is 0. The second-order valence-electron chi connectivity index (χ2n) is 10.2. The van der Waals surface area contributed by atoms with Crippen LogP contribution in [-0.4, -0.2) is 12.9 Å². The van der Waals surface area contributed by atoms with Crippen molar-refractivity contribution >= 4 is 0 Å². The molecule has 0 radical (unpaired) electrons. The molecule has 3 aliphatic carbocycles. The number of ether oxygens (including phenoxy) is 2. The summed E-state index contributed by atoms with van der Waals surface area (Å²) < 4.78 is 12.5. The van der Waals surface area contributed by atoms with Crippen molar-refractivity contribution in [3.8, 4) is 5.75 Å². The summed E-state index contributed by atoms with van der Waals surface area (Å²) in [6.07, 6.45) is 9.76. The van der Waals surface area contributed by atoms with Crippen LogP contribution in [0.25, 0.3) is 0 Å². The zero-order chi connectivity index (χ0) is 19.7. The van der Waals surface area contributed by atoms with Crippen molar-refractivity contribution in [1.82, 2.24) is 0 Å². The van der Waals surface area contributed by atoms with Crippen LogP contribution in [0.4, 0.5) is 0 Å². The van der Waals surface area contributed by atoms with E-state index in [4.69, 9.17) is 9.47 Å². The van der Waals surface area contributed by atoms with E-state index < -0.39 is 0 Å². The summed E-state index contributed by atoms with van der Waals surface area (Å²) in [5.74, 6) is 7.00. The fourth-order valence-corrected chi connectivity index (χ4v) is 6.48. The largest absolute Gasteiger partial charge is 0.465 e. The Hall–Kier alpha value is -1.02. The summed E-state index contributed by atoms with van der Waals surface area (Å²) in [6, 6.07) is 8.62. The van der Waals surface area contributed by atoms with E-state index in [2.05, 4.69) is 52.0 Å². The molecule has 3 saturated carbocycles. The minimum Gasteiger partial charge on any atom is -0.465 e. The first kappa shape index (κ1) is 20.3. The highest BCUT2D eigenvalue weighted by atomic mass is 16.7. The third kappa shape index (κ3) is 4.13. The molecule has 2 bridgehead atoms. The number of benzene rings is 1. The molecule has 3 aliphatic rings. The molecular weight excluding hydrogens is 344 g/mol. The van der Waals surface area contributed by atoms with E-state index in [1.807, 2.05) is 0 Å². The standard InChI is InChI=1S/C26H40O2/c1-5-18(4)19-9-11-22(12-10-19)28-26(17(2)3)27-14-13-20-15-21-16-25(20)24-8-6-7-23(21)24/h9-12,17-18,20-21,23-26H,5-8,13-16H2,1-4H3. The van der Waals surface area contributed by atoms with Gasteiger partial charge in [-0.2, -0.15) is 0 Å². The highest BCUT2D eigenvalue weighted by Gasteiger charge is 2.53. The molecule has 7 unspecified atom stereocenters.